The Morgan fingerprint density at radius 3 is 1.87 bits per heavy atom. The monoisotopic (exact) mass is 322 g/mol. The molecule has 5 heteroatoms. The third-order valence-electron chi connectivity index (χ3n) is 3.81. The molecule has 1 aromatic rings. The summed E-state index contributed by atoms with van der Waals surface area (Å²) in [6, 6.07) is 2.79. The van der Waals surface area contributed by atoms with Crippen molar-refractivity contribution >= 4 is 11.9 Å². The molecule has 0 amide bonds. The molecule has 0 radical (unpaired) electrons. The van der Waals surface area contributed by atoms with Crippen LogP contribution in [0.1, 0.15) is 71.4 Å². The average Bonchev–Trinajstić information content (AvgIpc) is 2.52. The van der Waals surface area contributed by atoms with Crippen molar-refractivity contribution in [2.75, 3.05) is 13.2 Å². The Morgan fingerprint density at radius 1 is 0.870 bits per heavy atom. The molecule has 0 aliphatic rings. The summed E-state index contributed by atoms with van der Waals surface area (Å²) in [5.74, 6) is -2.04. The molecule has 0 saturated carbocycles. The maximum atomic E-state index is 11.5. The maximum Gasteiger partial charge on any atom is 0.335 e. The number of benzene rings is 1. The van der Waals surface area contributed by atoms with Crippen molar-refractivity contribution in [2.24, 2.45) is 0 Å². The average molecular weight is 322 g/mol. The molecule has 0 saturated heterocycles. The predicted molar refractivity (Wildman–Crippen MR) is 88.4 cm³/mol. The van der Waals surface area contributed by atoms with Gasteiger partial charge in [0.05, 0.1) is 17.7 Å². The minimum atomic E-state index is -1.02. The molecular formula is C18H26O5. The molecule has 128 valence electrons. The highest BCUT2D eigenvalue weighted by Crippen LogP contribution is 2.23. The lowest BCUT2D eigenvalue weighted by Gasteiger charge is -2.16. The van der Waals surface area contributed by atoms with Crippen LogP contribution in [0.5, 0.6) is 0 Å². The zero-order valence-electron chi connectivity index (χ0n) is 13.9. The van der Waals surface area contributed by atoms with E-state index in [9.17, 15) is 19.8 Å². The van der Waals surface area contributed by atoms with Gasteiger partial charge >= 0.3 is 11.9 Å². The van der Waals surface area contributed by atoms with E-state index in [1.165, 1.54) is 12.1 Å². The Balaban J connectivity index is 3.10. The lowest BCUT2D eigenvalue weighted by atomic mass is 9.90. The quantitative estimate of drug-likeness (QED) is 0.606. The van der Waals surface area contributed by atoms with Gasteiger partial charge in [-0.3, -0.25) is 0 Å². The van der Waals surface area contributed by atoms with E-state index < -0.39 is 11.9 Å². The van der Waals surface area contributed by atoms with Crippen molar-refractivity contribution < 1.29 is 24.5 Å². The molecule has 0 fully saturated rings. The van der Waals surface area contributed by atoms with Gasteiger partial charge in [0.2, 0.25) is 0 Å². The fourth-order valence-corrected chi connectivity index (χ4v) is 2.54. The summed E-state index contributed by atoms with van der Waals surface area (Å²) in [5, 5.41) is 18.8. The summed E-state index contributed by atoms with van der Waals surface area (Å²) in [6.07, 6.45) is 4.74. The van der Waals surface area contributed by atoms with E-state index in [1.54, 1.807) is 0 Å². The highest BCUT2D eigenvalue weighted by Gasteiger charge is 2.20. The third kappa shape index (κ3) is 5.67. The summed E-state index contributed by atoms with van der Waals surface area (Å²) >= 11 is 0. The number of carboxylic acids is 2. The van der Waals surface area contributed by atoms with Crippen molar-refractivity contribution in [3.8, 4) is 0 Å². The molecule has 0 unspecified atom stereocenters. The first-order chi connectivity index (χ1) is 11.0. The molecular weight excluding hydrogens is 296 g/mol. The molecule has 0 atom stereocenters. The highest BCUT2D eigenvalue weighted by atomic mass is 16.5. The number of rotatable bonds is 11. The van der Waals surface area contributed by atoms with Crippen molar-refractivity contribution in [3.63, 3.8) is 0 Å². The largest absolute Gasteiger partial charge is 0.478 e. The van der Waals surface area contributed by atoms with E-state index >= 15 is 0 Å². The number of unbranched alkanes of at least 4 members (excludes halogenated alkanes) is 2. The summed E-state index contributed by atoms with van der Waals surface area (Å²) in [7, 11) is 0. The number of aromatic carboxylic acids is 2. The second-order valence-corrected chi connectivity index (χ2v) is 5.55. The van der Waals surface area contributed by atoms with Crippen molar-refractivity contribution in [1.82, 2.24) is 0 Å². The Kier molecular flexibility index (Phi) is 8.33. The van der Waals surface area contributed by atoms with Gasteiger partial charge in [-0.2, -0.15) is 0 Å². The Labute approximate surface area is 137 Å². The Morgan fingerprint density at radius 2 is 1.39 bits per heavy atom. The van der Waals surface area contributed by atoms with Gasteiger partial charge in [0.25, 0.3) is 0 Å². The summed E-state index contributed by atoms with van der Waals surface area (Å²) in [5.41, 5.74) is 1.62. The molecule has 2 N–H and O–H groups in total. The topological polar surface area (TPSA) is 83.8 Å². The SMILES string of the molecule is CCCCOCCc1c(C(=O)O)ccc(C(=O)O)c1CCCC. The molecule has 0 heterocycles. The summed E-state index contributed by atoms with van der Waals surface area (Å²) in [4.78, 5) is 22.9. The fraction of sp³-hybridized carbons (Fsp3) is 0.556. The van der Waals surface area contributed by atoms with Gasteiger partial charge in [-0.25, -0.2) is 9.59 Å². The fourth-order valence-electron chi connectivity index (χ4n) is 2.54. The van der Waals surface area contributed by atoms with Crippen LogP contribution in [0.4, 0.5) is 0 Å². The second-order valence-electron chi connectivity index (χ2n) is 5.55. The van der Waals surface area contributed by atoms with Crippen LogP contribution in [-0.2, 0) is 17.6 Å². The second kappa shape index (κ2) is 10.0. The molecule has 1 aromatic carbocycles. The van der Waals surface area contributed by atoms with Crippen molar-refractivity contribution in [2.45, 2.75) is 52.4 Å². The van der Waals surface area contributed by atoms with Crippen molar-refractivity contribution in [3.05, 3.63) is 34.4 Å². The maximum absolute atomic E-state index is 11.5. The molecule has 0 spiro atoms. The van der Waals surface area contributed by atoms with Crippen LogP contribution in [0.15, 0.2) is 12.1 Å². The van der Waals surface area contributed by atoms with Gasteiger partial charge in [-0.15, -0.1) is 0 Å². The van der Waals surface area contributed by atoms with Gasteiger partial charge in [-0.05, 0) is 48.9 Å². The summed E-state index contributed by atoms with van der Waals surface area (Å²) in [6.45, 7) is 5.14. The zero-order chi connectivity index (χ0) is 17.2. The molecule has 23 heavy (non-hydrogen) atoms. The van der Waals surface area contributed by atoms with E-state index in [4.69, 9.17) is 4.74 Å². The van der Waals surface area contributed by atoms with E-state index in [0.29, 0.717) is 37.2 Å². The Hall–Kier alpha value is -1.88. The number of carboxylic acid groups (broad SMARTS) is 2. The molecule has 0 aliphatic heterocycles. The Bertz CT molecular complexity index is 536. The predicted octanol–water partition coefficient (Wildman–Crippen LogP) is 3.78. The summed E-state index contributed by atoms with van der Waals surface area (Å²) < 4.78 is 5.53. The minimum Gasteiger partial charge on any atom is -0.478 e. The van der Waals surface area contributed by atoms with E-state index in [-0.39, 0.29) is 11.1 Å². The van der Waals surface area contributed by atoms with E-state index in [2.05, 4.69) is 6.92 Å². The van der Waals surface area contributed by atoms with Crippen LogP contribution in [0.3, 0.4) is 0 Å². The molecule has 0 aliphatic carbocycles. The van der Waals surface area contributed by atoms with Gasteiger partial charge in [0.1, 0.15) is 0 Å². The molecule has 0 bridgehead atoms. The zero-order valence-corrected chi connectivity index (χ0v) is 13.9. The van der Waals surface area contributed by atoms with Gasteiger partial charge in [0, 0.05) is 6.61 Å². The molecule has 0 aromatic heterocycles. The van der Waals surface area contributed by atoms with Crippen LogP contribution in [-0.4, -0.2) is 35.4 Å². The lowest BCUT2D eigenvalue weighted by Crippen LogP contribution is -2.14. The first kappa shape index (κ1) is 19.2. The highest BCUT2D eigenvalue weighted by molar-refractivity contribution is 5.95. The normalized spacial score (nSPS) is 10.7. The van der Waals surface area contributed by atoms with Crippen LogP contribution in [0, 0.1) is 0 Å². The number of hydrogen-bond acceptors (Lipinski definition) is 3. The number of ether oxygens (including phenoxy) is 1. The number of hydrogen-bond donors (Lipinski definition) is 2. The van der Waals surface area contributed by atoms with Crippen LogP contribution >= 0.6 is 0 Å². The van der Waals surface area contributed by atoms with Crippen LogP contribution in [0.25, 0.3) is 0 Å². The van der Waals surface area contributed by atoms with Crippen LogP contribution < -0.4 is 0 Å². The van der Waals surface area contributed by atoms with Gasteiger partial charge < -0.3 is 14.9 Å². The van der Waals surface area contributed by atoms with Crippen LogP contribution in [0.2, 0.25) is 0 Å². The third-order valence-corrected chi connectivity index (χ3v) is 3.81. The van der Waals surface area contributed by atoms with Gasteiger partial charge in [0.15, 0.2) is 0 Å². The van der Waals surface area contributed by atoms with E-state index in [0.717, 1.165) is 25.7 Å². The first-order valence-corrected chi connectivity index (χ1v) is 8.21. The van der Waals surface area contributed by atoms with Gasteiger partial charge in [-0.1, -0.05) is 26.7 Å². The smallest absolute Gasteiger partial charge is 0.335 e. The molecule has 1 rings (SSSR count). The van der Waals surface area contributed by atoms with E-state index in [1.807, 2.05) is 6.92 Å². The minimum absolute atomic E-state index is 0.181. The number of carbonyl (C=O) groups is 2. The molecule has 5 nitrogen and oxygen atoms in total. The lowest BCUT2D eigenvalue weighted by molar-refractivity contribution is 0.0678. The standard InChI is InChI=1S/C18H26O5/c1-3-5-7-13-14(10-12-23-11-6-4-2)16(18(21)22)9-8-15(13)17(19)20/h8-9H,3-7,10-12H2,1-2H3,(H,19,20)(H,21,22). The van der Waals surface area contributed by atoms with Crippen molar-refractivity contribution in [1.29, 1.82) is 0 Å². The first-order valence-electron chi connectivity index (χ1n) is 8.21.